The normalized spacial score (nSPS) is 15.4. The summed E-state index contributed by atoms with van der Waals surface area (Å²) in [5, 5.41) is 3.86. The highest BCUT2D eigenvalue weighted by molar-refractivity contribution is 7.92. The number of likely N-dealkylation sites (tertiary alicyclic amines) is 1. The number of hydrogen-bond acceptors (Lipinski definition) is 6. The molecule has 0 atom stereocenters. The summed E-state index contributed by atoms with van der Waals surface area (Å²) in [4.78, 5) is 26.3. The van der Waals surface area contributed by atoms with Gasteiger partial charge in [-0.1, -0.05) is 60.7 Å². The Morgan fingerprint density at radius 2 is 1.64 bits per heavy atom. The molecule has 0 radical (unpaired) electrons. The molecule has 3 rings (SSSR count). The predicted octanol–water partition coefficient (Wildman–Crippen LogP) is 1.90. The molecule has 1 aliphatic heterocycles. The molecule has 1 aliphatic rings. The van der Waals surface area contributed by atoms with E-state index < -0.39 is 35.1 Å². The molecule has 0 aliphatic carbocycles. The van der Waals surface area contributed by atoms with E-state index in [1.807, 2.05) is 24.3 Å². The highest BCUT2D eigenvalue weighted by Gasteiger charge is 2.21. The van der Waals surface area contributed by atoms with E-state index in [0.29, 0.717) is 5.56 Å². The topological polar surface area (TPSA) is 105 Å². The van der Waals surface area contributed by atoms with E-state index in [9.17, 15) is 18.0 Å². The molecule has 2 aromatic rings. The molecule has 1 fully saturated rings. The monoisotopic (exact) mass is 471 g/mol. The Morgan fingerprint density at radius 3 is 2.30 bits per heavy atom. The summed E-state index contributed by atoms with van der Waals surface area (Å²) in [5.74, 6) is -1.21. The van der Waals surface area contributed by atoms with E-state index in [4.69, 9.17) is 4.74 Å². The van der Waals surface area contributed by atoms with Crippen molar-refractivity contribution in [2.24, 2.45) is 0 Å². The molecule has 0 aromatic heterocycles. The summed E-state index contributed by atoms with van der Waals surface area (Å²) in [6.45, 7) is 1.64. The molecule has 1 amide bonds. The maximum atomic E-state index is 12.1. The number of carbonyl (C=O) groups is 2. The Morgan fingerprint density at radius 1 is 1.00 bits per heavy atom. The molecule has 2 aromatic carbocycles. The van der Waals surface area contributed by atoms with Gasteiger partial charge in [-0.2, -0.15) is 0 Å². The fourth-order valence-electron chi connectivity index (χ4n) is 3.48. The average Bonchev–Trinajstić information content (AvgIpc) is 2.83. The zero-order valence-corrected chi connectivity index (χ0v) is 19.2. The Balaban J connectivity index is 1.31. The zero-order valence-electron chi connectivity index (χ0n) is 18.4. The van der Waals surface area contributed by atoms with Crippen LogP contribution >= 0.6 is 0 Å². The lowest BCUT2D eigenvalue weighted by molar-refractivity contribution is -0.147. The Kier molecular flexibility index (Phi) is 9.17. The number of rotatable bonds is 10. The van der Waals surface area contributed by atoms with Gasteiger partial charge in [0.1, 0.15) is 6.54 Å². The van der Waals surface area contributed by atoms with Crippen LogP contribution in [-0.2, 0) is 30.9 Å². The predicted molar refractivity (Wildman–Crippen MR) is 126 cm³/mol. The van der Waals surface area contributed by atoms with Crippen LogP contribution in [0.1, 0.15) is 24.0 Å². The third kappa shape index (κ3) is 9.17. The van der Waals surface area contributed by atoms with Crippen LogP contribution in [0, 0.1) is 0 Å². The quantitative estimate of drug-likeness (QED) is 0.513. The molecule has 2 N–H and O–H groups in total. The van der Waals surface area contributed by atoms with E-state index in [0.717, 1.165) is 37.9 Å². The molecule has 33 heavy (non-hydrogen) atoms. The third-order valence-electron chi connectivity index (χ3n) is 5.22. The fourth-order valence-corrected chi connectivity index (χ4v) is 4.23. The van der Waals surface area contributed by atoms with Crippen molar-refractivity contribution in [2.75, 3.05) is 26.2 Å². The van der Waals surface area contributed by atoms with Gasteiger partial charge in [-0.15, -0.1) is 0 Å². The number of ether oxygens (including phenoxy) is 1. The highest BCUT2D eigenvalue weighted by atomic mass is 32.2. The highest BCUT2D eigenvalue weighted by Crippen LogP contribution is 2.13. The van der Waals surface area contributed by atoms with Gasteiger partial charge in [0, 0.05) is 31.1 Å². The molecular formula is C24H29N3O5S. The summed E-state index contributed by atoms with van der Waals surface area (Å²) in [7, 11) is -3.80. The van der Waals surface area contributed by atoms with Gasteiger partial charge in [-0.05, 0) is 30.0 Å². The number of piperidine rings is 1. The SMILES string of the molecule is O=C(COC(=O)CNS(=O)(=O)/C=C/c1ccccc1)NC1CCN(Cc2ccccc2)CC1. The Hall–Kier alpha value is -3.01. The second-order valence-corrected chi connectivity index (χ2v) is 9.49. The maximum absolute atomic E-state index is 12.1. The van der Waals surface area contributed by atoms with Gasteiger partial charge in [0.15, 0.2) is 6.61 Å². The van der Waals surface area contributed by atoms with Crippen LogP contribution in [0.4, 0.5) is 0 Å². The van der Waals surface area contributed by atoms with E-state index in [1.54, 1.807) is 24.3 Å². The first-order chi connectivity index (χ1) is 15.9. The Labute approximate surface area is 194 Å². The second kappa shape index (κ2) is 12.3. The average molecular weight is 472 g/mol. The minimum atomic E-state index is -3.80. The van der Waals surface area contributed by atoms with Gasteiger partial charge >= 0.3 is 5.97 Å². The van der Waals surface area contributed by atoms with Gasteiger partial charge in [0.2, 0.25) is 10.0 Å². The van der Waals surface area contributed by atoms with Crippen molar-refractivity contribution in [1.29, 1.82) is 0 Å². The molecule has 176 valence electrons. The lowest BCUT2D eigenvalue weighted by Gasteiger charge is -2.32. The number of nitrogens with one attached hydrogen (secondary N) is 2. The zero-order chi connectivity index (χ0) is 23.5. The van der Waals surface area contributed by atoms with Crippen LogP contribution in [0.2, 0.25) is 0 Å². The minimum Gasteiger partial charge on any atom is -0.455 e. The number of sulfonamides is 1. The van der Waals surface area contributed by atoms with Gasteiger partial charge in [-0.25, -0.2) is 13.1 Å². The van der Waals surface area contributed by atoms with Crippen LogP contribution in [0.15, 0.2) is 66.1 Å². The second-order valence-electron chi connectivity index (χ2n) is 7.84. The molecule has 0 unspecified atom stereocenters. The van der Waals surface area contributed by atoms with Gasteiger partial charge in [0.25, 0.3) is 5.91 Å². The molecule has 0 bridgehead atoms. The molecular weight excluding hydrogens is 442 g/mol. The first-order valence-corrected chi connectivity index (χ1v) is 12.4. The summed E-state index contributed by atoms with van der Waals surface area (Å²) in [6, 6.07) is 19.2. The third-order valence-corrected chi connectivity index (χ3v) is 6.26. The maximum Gasteiger partial charge on any atom is 0.321 e. The van der Waals surface area contributed by atoms with Crippen LogP contribution in [0.25, 0.3) is 6.08 Å². The van der Waals surface area contributed by atoms with E-state index in [1.165, 1.54) is 11.6 Å². The summed E-state index contributed by atoms with van der Waals surface area (Å²) in [6.07, 6.45) is 3.06. The molecule has 0 saturated carbocycles. The minimum absolute atomic E-state index is 0.0323. The summed E-state index contributed by atoms with van der Waals surface area (Å²) in [5.41, 5.74) is 1.98. The van der Waals surface area contributed by atoms with Crippen molar-refractivity contribution < 1.29 is 22.7 Å². The van der Waals surface area contributed by atoms with Crippen molar-refractivity contribution in [3.05, 3.63) is 77.2 Å². The van der Waals surface area contributed by atoms with Crippen LogP contribution in [0.5, 0.6) is 0 Å². The van der Waals surface area contributed by atoms with Gasteiger partial charge < -0.3 is 10.1 Å². The standard InChI is InChI=1S/C24H29N3O5S/c28-23(26-22-11-14-27(15-12-22)18-21-9-5-2-6-10-21)19-32-24(29)17-25-33(30,31)16-13-20-7-3-1-4-8-20/h1-10,13,16,22,25H,11-12,14-15,17-19H2,(H,26,28)/b16-13+. The van der Waals surface area contributed by atoms with Gasteiger partial charge in [0.05, 0.1) is 0 Å². The largest absolute Gasteiger partial charge is 0.455 e. The number of hydrogen-bond donors (Lipinski definition) is 2. The number of benzene rings is 2. The molecule has 0 spiro atoms. The smallest absolute Gasteiger partial charge is 0.321 e. The summed E-state index contributed by atoms with van der Waals surface area (Å²) < 4.78 is 30.9. The lowest BCUT2D eigenvalue weighted by Crippen LogP contribution is -2.45. The molecule has 8 nitrogen and oxygen atoms in total. The first kappa shape index (κ1) is 24.6. The van der Waals surface area contributed by atoms with E-state index >= 15 is 0 Å². The van der Waals surface area contributed by atoms with E-state index in [2.05, 4.69) is 27.1 Å². The van der Waals surface area contributed by atoms with Crippen molar-refractivity contribution in [3.63, 3.8) is 0 Å². The van der Waals surface area contributed by atoms with Crippen LogP contribution < -0.4 is 10.0 Å². The number of nitrogens with zero attached hydrogens (tertiary/aromatic N) is 1. The first-order valence-electron chi connectivity index (χ1n) is 10.8. The van der Waals surface area contributed by atoms with Crippen molar-refractivity contribution in [3.8, 4) is 0 Å². The van der Waals surface area contributed by atoms with E-state index in [-0.39, 0.29) is 6.04 Å². The molecule has 1 heterocycles. The number of amides is 1. The summed E-state index contributed by atoms with van der Waals surface area (Å²) >= 11 is 0. The van der Waals surface area contributed by atoms with Crippen molar-refractivity contribution in [1.82, 2.24) is 14.9 Å². The van der Waals surface area contributed by atoms with Crippen LogP contribution in [-0.4, -0.2) is 57.5 Å². The molecule has 9 heteroatoms. The van der Waals surface area contributed by atoms with Crippen LogP contribution in [0.3, 0.4) is 0 Å². The van der Waals surface area contributed by atoms with Crippen molar-refractivity contribution in [2.45, 2.75) is 25.4 Å². The molecule has 1 saturated heterocycles. The van der Waals surface area contributed by atoms with Gasteiger partial charge in [-0.3, -0.25) is 14.5 Å². The lowest BCUT2D eigenvalue weighted by atomic mass is 10.0. The van der Waals surface area contributed by atoms with Crippen molar-refractivity contribution >= 4 is 28.0 Å². The number of esters is 1. The number of carbonyl (C=O) groups excluding carboxylic acids is 2. The fraction of sp³-hybridized carbons (Fsp3) is 0.333. The Bertz CT molecular complexity index is 1030.